The maximum Gasteiger partial charge on any atom is 0.253 e. The van der Waals surface area contributed by atoms with Gasteiger partial charge < -0.3 is 14.5 Å². The number of ether oxygens (including phenoxy) is 1. The maximum atomic E-state index is 12.4. The Morgan fingerprint density at radius 3 is 2.61 bits per heavy atom. The number of hydrogen-bond acceptors (Lipinski definition) is 3. The van der Waals surface area contributed by atoms with Crippen LogP contribution in [-0.2, 0) is 18.0 Å². The molecule has 1 saturated heterocycles. The largest absolute Gasteiger partial charge is 0.372 e. The van der Waals surface area contributed by atoms with Crippen LogP contribution in [0.4, 0.5) is 0 Å². The standard InChI is InChI=1S/C14H18N2O2/c1-15-4-6-16(7-5-15)14(17)11-2-3-12-9-18-10-13(12)8-11/h2-3,8H,4-7,9-10H2,1H3. The zero-order valence-corrected chi connectivity index (χ0v) is 10.7. The summed E-state index contributed by atoms with van der Waals surface area (Å²) in [6, 6.07) is 5.93. The molecule has 3 rings (SSSR count). The molecule has 2 aliphatic heterocycles. The van der Waals surface area contributed by atoms with Gasteiger partial charge in [-0.2, -0.15) is 0 Å². The van der Waals surface area contributed by atoms with Crippen LogP contribution in [0.1, 0.15) is 21.5 Å². The van der Waals surface area contributed by atoms with E-state index >= 15 is 0 Å². The molecule has 2 aliphatic rings. The average Bonchev–Trinajstić information content (AvgIpc) is 2.86. The van der Waals surface area contributed by atoms with Gasteiger partial charge in [0, 0.05) is 31.7 Å². The molecule has 1 amide bonds. The summed E-state index contributed by atoms with van der Waals surface area (Å²) >= 11 is 0. The molecule has 4 heteroatoms. The topological polar surface area (TPSA) is 32.8 Å². The summed E-state index contributed by atoms with van der Waals surface area (Å²) in [7, 11) is 2.09. The highest BCUT2D eigenvalue weighted by Crippen LogP contribution is 2.21. The number of fused-ring (bicyclic) bond motifs is 1. The predicted molar refractivity (Wildman–Crippen MR) is 68.3 cm³/mol. The zero-order chi connectivity index (χ0) is 12.5. The third-order valence-electron chi connectivity index (χ3n) is 3.76. The van der Waals surface area contributed by atoms with Crippen LogP contribution in [0.25, 0.3) is 0 Å². The number of piperazine rings is 1. The van der Waals surface area contributed by atoms with Crippen molar-refractivity contribution in [1.29, 1.82) is 0 Å². The lowest BCUT2D eigenvalue weighted by Gasteiger charge is -2.32. The Kier molecular flexibility index (Phi) is 3.06. The zero-order valence-electron chi connectivity index (χ0n) is 10.7. The Morgan fingerprint density at radius 1 is 1.11 bits per heavy atom. The molecule has 1 fully saturated rings. The smallest absolute Gasteiger partial charge is 0.253 e. The molecule has 0 aliphatic carbocycles. The van der Waals surface area contributed by atoms with Gasteiger partial charge in [0.2, 0.25) is 0 Å². The van der Waals surface area contributed by atoms with E-state index in [0.717, 1.165) is 37.3 Å². The molecule has 2 heterocycles. The highest BCUT2D eigenvalue weighted by Gasteiger charge is 2.21. The number of likely N-dealkylation sites (N-methyl/N-ethyl adjacent to an activating group) is 1. The molecule has 96 valence electrons. The van der Waals surface area contributed by atoms with Crippen molar-refractivity contribution in [2.45, 2.75) is 13.2 Å². The highest BCUT2D eigenvalue weighted by atomic mass is 16.5. The van der Waals surface area contributed by atoms with Gasteiger partial charge in [-0.25, -0.2) is 0 Å². The summed E-state index contributed by atoms with van der Waals surface area (Å²) in [6.07, 6.45) is 0. The Morgan fingerprint density at radius 2 is 1.83 bits per heavy atom. The fourth-order valence-corrected chi connectivity index (χ4v) is 2.50. The lowest BCUT2D eigenvalue weighted by atomic mass is 10.1. The van der Waals surface area contributed by atoms with Gasteiger partial charge in [-0.05, 0) is 30.3 Å². The summed E-state index contributed by atoms with van der Waals surface area (Å²) < 4.78 is 5.38. The number of benzene rings is 1. The van der Waals surface area contributed by atoms with Crippen LogP contribution in [0.5, 0.6) is 0 Å². The summed E-state index contributed by atoms with van der Waals surface area (Å²) in [5.41, 5.74) is 3.17. The van der Waals surface area contributed by atoms with Crippen molar-refractivity contribution in [3.63, 3.8) is 0 Å². The Hall–Kier alpha value is -1.39. The summed E-state index contributed by atoms with van der Waals surface area (Å²) in [5, 5.41) is 0. The lowest BCUT2D eigenvalue weighted by Crippen LogP contribution is -2.47. The molecule has 1 aromatic carbocycles. The van der Waals surface area contributed by atoms with E-state index in [-0.39, 0.29) is 5.91 Å². The van der Waals surface area contributed by atoms with Crippen LogP contribution in [0, 0.1) is 0 Å². The molecular formula is C14H18N2O2. The molecule has 0 bridgehead atoms. The molecular weight excluding hydrogens is 228 g/mol. The number of rotatable bonds is 1. The molecule has 0 spiro atoms. The Balaban J connectivity index is 1.76. The second kappa shape index (κ2) is 4.71. The molecule has 1 aromatic rings. The minimum absolute atomic E-state index is 0.151. The molecule has 0 saturated carbocycles. The first-order chi connectivity index (χ1) is 8.74. The van der Waals surface area contributed by atoms with Gasteiger partial charge in [0.25, 0.3) is 5.91 Å². The van der Waals surface area contributed by atoms with Gasteiger partial charge in [0.15, 0.2) is 0 Å². The molecule has 4 nitrogen and oxygen atoms in total. The molecule has 0 radical (unpaired) electrons. The molecule has 0 unspecified atom stereocenters. The predicted octanol–water partition coefficient (Wildman–Crippen LogP) is 1.10. The van der Waals surface area contributed by atoms with E-state index in [4.69, 9.17) is 4.74 Å². The van der Waals surface area contributed by atoms with E-state index in [2.05, 4.69) is 11.9 Å². The van der Waals surface area contributed by atoms with E-state index in [9.17, 15) is 4.79 Å². The second-order valence-electron chi connectivity index (χ2n) is 5.07. The van der Waals surface area contributed by atoms with E-state index in [1.54, 1.807) is 0 Å². The van der Waals surface area contributed by atoms with Gasteiger partial charge in [-0.1, -0.05) is 6.07 Å². The van der Waals surface area contributed by atoms with Crippen LogP contribution in [-0.4, -0.2) is 48.9 Å². The Bertz CT molecular complexity index is 465. The van der Waals surface area contributed by atoms with Crippen molar-refractivity contribution in [2.24, 2.45) is 0 Å². The quantitative estimate of drug-likeness (QED) is 0.744. The second-order valence-corrected chi connectivity index (χ2v) is 5.07. The van der Waals surface area contributed by atoms with Crippen LogP contribution >= 0.6 is 0 Å². The van der Waals surface area contributed by atoms with Crippen molar-refractivity contribution >= 4 is 5.91 Å². The average molecular weight is 246 g/mol. The van der Waals surface area contributed by atoms with Crippen molar-refractivity contribution in [2.75, 3.05) is 33.2 Å². The van der Waals surface area contributed by atoms with Crippen LogP contribution < -0.4 is 0 Å². The first-order valence-corrected chi connectivity index (χ1v) is 6.41. The van der Waals surface area contributed by atoms with Crippen LogP contribution in [0.2, 0.25) is 0 Å². The molecule has 0 N–H and O–H groups in total. The number of amides is 1. The normalized spacial score (nSPS) is 19.9. The van der Waals surface area contributed by atoms with E-state index in [1.807, 2.05) is 23.1 Å². The molecule has 0 aromatic heterocycles. The molecule has 18 heavy (non-hydrogen) atoms. The first-order valence-electron chi connectivity index (χ1n) is 6.41. The third-order valence-corrected chi connectivity index (χ3v) is 3.76. The lowest BCUT2D eigenvalue weighted by molar-refractivity contribution is 0.0664. The molecule has 0 atom stereocenters. The monoisotopic (exact) mass is 246 g/mol. The summed E-state index contributed by atoms with van der Waals surface area (Å²) in [6.45, 7) is 4.88. The van der Waals surface area contributed by atoms with Gasteiger partial charge in [0.05, 0.1) is 13.2 Å². The fourth-order valence-electron chi connectivity index (χ4n) is 2.50. The van der Waals surface area contributed by atoms with E-state index < -0.39 is 0 Å². The van der Waals surface area contributed by atoms with Crippen molar-refractivity contribution in [3.8, 4) is 0 Å². The van der Waals surface area contributed by atoms with Gasteiger partial charge in [-0.15, -0.1) is 0 Å². The van der Waals surface area contributed by atoms with Crippen LogP contribution in [0.3, 0.4) is 0 Å². The highest BCUT2D eigenvalue weighted by molar-refractivity contribution is 5.94. The van der Waals surface area contributed by atoms with Gasteiger partial charge in [-0.3, -0.25) is 4.79 Å². The van der Waals surface area contributed by atoms with Gasteiger partial charge >= 0.3 is 0 Å². The number of nitrogens with zero attached hydrogens (tertiary/aromatic N) is 2. The first kappa shape index (κ1) is 11.7. The summed E-state index contributed by atoms with van der Waals surface area (Å²) in [5.74, 6) is 0.151. The number of hydrogen-bond donors (Lipinski definition) is 0. The number of carbonyl (C=O) groups is 1. The SMILES string of the molecule is CN1CCN(C(=O)c2ccc3c(c2)COC3)CC1. The van der Waals surface area contributed by atoms with E-state index in [0.29, 0.717) is 13.2 Å². The third kappa shape index (κ3) is 2.13. The van der Waals surface area contributed by atoms with E-state index in [1.165, 1.54) is 5.56 Å². The summed E-state index contributed by atoms with van der Waals surface area (Å²) in [4.78, 5) is 16.6. The van der Waals surface area contributed by atoms with Gasteiger partial charge in [0.1, 0.15) is 0 Å². The minimum atomic E-state index is 0.151. The Labute approximate surface area is 107 Å². The van der Waals surface area contributed by atoms with Crippen LogP contribution in [0.15, 0.2) is 18.2 Å². The van der Waals surface area contributed by atoms with Crippen molar-refractivity contribution in [1.82, 2.24) is 9.80 Å². The fraction of sp³-hybridized carbons (Fsp3) is 0.500. The number of carbonyl (C=O) groups excluding carboxylic acids is 1. The maximum absolute atomic E-state index is 12.4. The van der Waals surface area contributed by atoms with Crippen molar-refractivity contribution < 1.29 is 9.53 Å². The van der Waals surface area contributed by atoms with Crippen molar-refractivity contribution in [3.05, 3.63) is 34.9 Å². The minimum Gasteiger partial charge on any atom is -0.372 e.